The molecular formula is C30H30F21O6Pr. The Balaban J connectivity index is -0.000000374. The van der Waals surface area contributed by atoms with Gasteiger partial charge in [-0.1, -0.05) is 62.3 Å². The van der Waals surface area contributed by atoms with Crippen molar-refractivity contribution in [2.24, 2.45) is 16.2 Å². The van der Waals surface area contributed by atoms with Crippen molar-refractivity contribution < 1.29 is 162 Å². The molecule has 0 bridgehead atoms. The molecule has 0 saturated heterocycles. The second kappa shape index (κ2) is 19.1. The van der Waals surface area contributed by atoms with E-state index in [4.69, 9.17) is 0 Å². The molecule has 336 valence electrons. The van der Waals surface area contributed by atoms with E-state index in [9.17, 15) is 121 Å². The van der Waals surface area contributed by atoms with Gasteiger partial charge in [-0.15, -0.1) is 0 Å². The fourth-order valence-corrected chi connectivity index (χ4v) is 2.28. The predicted octanol–water partition coefficient (Wildman–Crippen LogP) is 9.62. The number of carbonyl (C=O) groups excluding carboxylic acids is 6. The summed E-state index contributed by atoms with van der Waals surface area (Å²) in [7, 11) is 0. The van der Waals surface area contributed by atoms with Crippen LogP contribution in [-0.4, -0.2) is 88.8 Å². The summed E-state index contributed by atoms with van der Waals surface area (Å²) in [5, 5.41) is 0. The van der Waals surface area contributed by atoms with Crippen molar-refractivity contribution in [1.82, 2.24) is 0 Å². The van der Waals surface area contributed by atoms with Crippen molar-refractivity contribution in [2.45, 2.75) is 116 Å². The van der Waals surface area contributed by atoms with Crippen LogP contribution in [0.15, 0.2) is 0 Å². The summed E-state index contributed by atoms with van der Waals surface area (Å²) in [5.74, 6) is -50.2. The van der Waals surface area contributed by atoms with Crippen LogP contribution in [0.2, 0.25) is 0 Å². The Morgan fingerprint density at radius 2 is 0.397 bits per heavy atom. The third kappa shape index (κ3) is 14.9. The molecule has 0 aromatic carbocycles. The molecular weight excluding hydrogens is 996 g/mol. The van der Waals surface area contributed by atoms with Crippen LogP contribution in [-0.2, 0) is 28.8 Å². The molecule has 0 radical (unpaired) electrons. The van der Waals surface area contributed by atoms with Gasteiger partial charge in [-0.3, -0.25) is 19.3 Å². The fraction of sp³-hybridized carbons (Fsp3) is 0.700. The molecule has 0 aliphatic rings. The van der Waals surface area contributed by atoms with Crippen molar-refractivity contribution in [3.8, 4) is 0 Å². The third-order valence-corrected chi connectivity index (χ3v) is 6.18. The van der Waals surface area contributed by atoms with Crippen LogP contribution < -0.4 is 0 Å². The molecule has 0 heterocycles. The van der Waals surface area contributed by atoms with Crippen LogP contribution in [0.25, 0.3) is 0 Å². The van der Waals surface area contributed by atoms with E-state index in [1.807, 2.05) is 0 Å². The van der Waals surface area contributed by atoms with Gasteiger partial charge >= 0.3 is 95.4 Å². The minimum Gasteiger partial charge on any atom is -0.333 e. The Morgan fingerprint density at radius 1 is 0.276 bits per heavy atom. The minimum atomic E-state index is -6.61. The normalized spacial score (nSPS) is 14.0. The summed E-state index contributed by atoms with van der Waals surface area (Å²) in [6, 6.07) is 0. The summed E-state index contributed by atoms with van der Waals surface area (Å²) >= 11 is 0. The summed E-state index contributed by atoms with van der Waals surface area (Å²) in [4.78, 5) is 65.9. The van der Waals surface area contributed by atoms with Gasteiger partial charge in [0.25, 0.3) is 0 Å². The average molecular weight is 1030 g/mol. The average Bonchev–Trinajstić information content (AvgIpc) is 2.93. The SMILES string of the molecule is CC(C)(C)C(=O)[CH-]C(=O)C(F)(F)C(F)(F)C(F)(F)F.CC(C)(C)C(=O)[CH-]C(=O)C(F)(F)C(F)(F)C(F)(F)F.CC(C)(C)C(=O)[CH-]C(=O)C(F)(F)C(F)(F)C(F)(F)F.[Pr+3]. The fourth-order valence-electron chi connectivity index (χ4n) is 2.28. The Kier molecular flexibility index (Phi) is 20.4. The zero-order valence-corrected chi connectivity index (χ0v) is 34.4. The topological polar surface area (TPSA) is 102 Å². The molecule has 0 saturated carbocycles. The Hall–Kier alpha value is -2.48. The van der Waals surface area contributed by atoms with Gasteiger partial charge in [0.15, 0.2) is 0 Å². The number of carbonyl (C=O) groups is 6. The predicted molar refractivity (Wildman–Crippen MR) is 149 cm³/mol. The van der Waals surface area contributed by atoms with Gasteiger partial charge in [-0.05, 0) is 16.2 Å². The smallest absolute Gasteiger partial charge is 0.333 e. The zero-order valence-electron chi connectivity index (χ0n) is 30.7. The summed E-state index contributed by atoms with van der Waals surface area (Å²) in [6.45, 7) is 10.6. The summed E-state index contributed by atoms with van der Waals surface area (Å²) in [6.07, 6.45) is -21.1. The van der Waals surface area contributed by atoms with Crippen molar-refractivity contribution in [2.75, 3.05) is 0 Å². The van der Waals surface area contributed by atoms with Crippen LogP contribution in [0.1, 0.15) is 62.3 Å². The number of hydrogen-bond acceptors (Lipinski definition) is 6. The van der Waals surface area contributed by atoms with Crippen molar-refractivity contribution in [1.29, 1.82) is 0 Å². The Labute approximate surface area is 347 Å². The van der Waals surface area contributed by atoms with Gasteiger partial charge in [-0.2, -0.15) is 92.2 Å². The van der Waals surface area contributed by atoms with Crippen molar-refractivity contribution in [3.63, 3.8) is 0 Å². The molecule has 58 heavy (non-hydrogen) atoms. The van der Waals surface area contributed by atoms with Gasteiger partial charge in [0, 0.05) is 17.3 Å². The van der Waals surface area contributed by atoms with E-state index in [-0.39, 0.29) is 41.3 Å². The molecule has 0 atom stereocenters. The maximum absolute atomic E-state index is 12.8. The molecule has 0 aliphatic carbocycles. The molecule has 0 amide bonds. The van der Waals surface area contributed by atoms with Crippen molar-refractivity contribution in [3.05, 3.63) is 19.3 Å². The second-order valence-electron chi connectivity index (χ2n) is 14.3. The Morgan fingerprint density at radius 3 is 0.483 bits per heavy atom. The van der Waals surface area contributed by atoms with E-state index in [1.54, 1.807) is 0 Å². The first-order valence-corrected chi connectivity index (χ1v) is 14.4. The van der Waals surface area contributed by atoms with E-state index >= 15 is 0 Å². The zero-order chi connectivity index (χ0) is 47.6. The van der Waals surface area contributed by atoms with Gasteiger partial charge in [0.2, 0.25) is 0 Å². The summed E-state index contributed by atoms with van der Waals surface area (Å²) < 4.78 is 258. The second-order valence-corrected chi connectivity index (χ2v) is 14.3. The number of hydrogen-bond donors (Lipinski definition) is 0. The standard InChI is InChI=1S/3C10H10F7O2.Pr/c3*1-7(2,3)5(18)4-6(19)8(11,12)9(13,14)10(15,16)17;/h3*4H,1-3H3;/q3*-1;+3. The number of alkyl halides is 21. The monoisotopic (exact) mass is 1030 g/mol. The molecule has 0 fully saturated rings. The van der Waals surface area contributed by atoms with E-state index < -0.39 is 124 Å². The van der Waals surface area contributed by atoms with E-state index in [0.29, 0.717) is 0 Å². The number of ketones is 6. The number of Topliss-reactive ketones (excluding diaryl/α,β-unsaturated/α-hetero) is 6. The summed E-state index contributed by atoms with van der Waals surface area (Å²) in [5.41, 5.74) is -4.09. The molecule has 0 aromatic heterocycles. The van der Waals surface area contributed by atoms with Crippen LogP contribution in [0.5, 0.6) is 0 Å². The van der Waals surface area contributed by atoms with Crippen LogP contribution in [0.4, 0.5) is 92.2 Å². The first-order chi connectivity index (χ1) is 24.1. The van der Waals surface area contributed by atoms with Crippen LogP contribution >= 0.6 is 0 Å². The van der Waals surface area contributed by atoms with Gasteiger partial charge in [0.1, 0.15) is 0 Å². The maximum atomic E-state index is 12.8. The molecule has 0 aliphatic heterocycles. The first-order valence-electron chi connectivity index (χ1n) is 14.4. The molecule has 0 aromatic rings. The molecule has 0 spiro atoms. The maximum Gasteiger partial charge on any atom is 3.00 e. The van der Waals surface area contributed by atoms with E-state index in [2.05, 4.69) is 0 Å². The minimum absolute atomic E-state index is 0. The molecule has 6 nitrogen and oxygen atoms in total. The molecule has 28 heteroatoms. The van der Waals surface area contributed by atoms with E-state index in [1.165, 1.54) is 62.3 Å². The first kappa shape index (κ1) is 62.2. The number of rotatable bonds is 12. The Bertz CT molecular complexity index is 1310. The van der Waals surface area contributed by atoms with Crippen molar-refractivity contribution >= 4 is 34.7 Å². The quantitative estimate of drug-likeness (QED) is 0.110. The number of halogens is 21. The van der Waals surface area contributed by atoms with Gasteiger partial charge < -0.3 is 28.8 Å². The molecule has 0 rings (SSSR count). The largest absolute Gasteiger partial charge is 3.00 e. The molecule has 0 unspecified atom stereocenters. The van der Waals surface area contributed by atoms with Gasteiger partial charge in [0.05, 0.1) is 17.3 Å². The van der Waals surface area contributed by atoms with E-state index in [0.717, 1.165) is 0 Å². The molecule has 0 N–H and O–H groups in total. The van der Waals surface area contributed by atoms with Gasteiger partial charge in [-0.25, -0.2) is 0 Å². The van der Waals surface area contributed by atoms with Crippen LogP contribution in [0, 0.1) is 76.8 Å². The third-order valence-electron chi connectivity index (χ3n) is 6.18. The van der Waals surface area contributed by atoms with Crippen LogP contribution in [0.3, 0.4) is 0 Å².